The SMILES string of the molecule is CCCC(NC(=O)c1oc2ccc(Br)cc2c1C)C(=O)O. The van der Waals surface area contributed by atoms with Crippen LogP contribution in [0.2, 0.25) is 0 Å². The molecule has 21 heavy (non-hydrogen) atoms. The highest BCUT2D eigenvalue weighted by Crippen LogP contribution is 2.28. The maximum Gasteiger partial charge on any atom is 0.326 e. The Labute approximate surface area is 130 Å². The number of nitrogens with one attached hydrogen (secondary N) is 1. The normalized spacial score (nSPS) is 12.3. The van der Waals surface area contributed by atoms with Crippen LogP contribution in [0.1, 0.15) is 35.9 Å². The molecular formula is C15H16BrNO4. The quantitative estimate of drug-likeness (QED) is 0.862. The number of amides is 1. The van der Waals surface area contributed by atoms with E-state index in [2.05, 4.69) is 21.2 Å². The molecule has 1 unspecified atom stereocenters. The summed E-state index contributed by atoms with van der Waals surface area (Å²) in [5.74, 6) is -1.38. The lowest BCUT2D eigenvalue weighted by Crippen LogP contribution is -2.40. The zero-order valence-corrected chi connectivity index (χ0v) is 13.4. The third-order valence-corrected chi connectivity index (χ3v) is 3.78. The smallest absolute Gasteiger partial charge is 0.326 e. The predicted octanol–water partition coefficient (Wildman–Crippen LogP) is 3.49. The molecule has 2 aromatic rings. The van der Waals surface area contributed by atoms with Crippen LogP contribution in [0.4, 0.5) is 0 Å². The molecule has 5 nitrogen and oxygen atoms in total. The molecule has 0 aliphatic heterocycles. The number of benzene rings is 1. The van der Waals surface area contributed by atoms with Crippen molar-refractivity contribution in [2.75, 3.05) is 0 Å². The number of aliphatic carboxylic acids is 1. The lowest BCUT2D eigenvalue weighted by Gasteiger charge is -2.12. The molecule has 0 aliphatic carbocycles. The maximum atomic E-state index is 12.2. The van der Waals surface area contributed by atoms with Gasteiger partial charge in [-0.15, -0.1) is 0 Å². The van der Waals surface area contributed by atoms with Crippen LogP contribution < -0.4 is 5.32 Å². The summed E-state index contributed by atoms with van der Waals surface area (Å²) >= 11 is 3.37. The maximum absolute atomic E-state index is 12.2. The van der Waals surface area contributed by atoms with Gasteiger partial charge in [0.05, 0.1) is 0 Å². The predicted molar refractivity (Wildman–Crippen MR) is 82.4 cm³/mol. The molecule has 1 aromatic carbocycles. The summed E-state index contributed by atoms with van der Waals surface area (Å²) in [5, 5.41) is 12.4. The van der Waals surface area contributed by atoms with Crippen LogP contribution >= 0.6 is 15.9 Å². The van der Waals surface area contributed by atoms with Gasteiger partial charge in [-0.25, -0.2) is 4.79 Å². The molecule has 1 heterocycles. The number of carboxylic acid groups (broad SMARTS) is 1. The van der Waals surface area contributed by atoms with Crippen molar-refractivity contribution in [1.82, 2.24) is 5.32 Å². The monoisotopic (exact) mass is 353 g/mol. The third kappa shape index (κ3) is 3.26. The summed E-state index contributed by atoms with van der Waals surface area (Å²) in [6, 6.07) is 4.56. The van der Waals surface area contributed by atoms with Crippen LogP contribution in [-0.2, 0) is 4.79 Å². The molecular weight excluding hydrogens is 338 g/mol. The number of hydrogen-bond acceptors (Lipinski definition) is 3. The summed E-state index contributed by atoms with van der Waals surface area (Å²) in [6.45, 7) is 3.65. The number of fused-ring (bicyclic) bond motifs is 1. The van der Waals surface area contributed by atoms with Crippen LogP contribution in [0.3, 0.4) is 0 Å². The van der Waals surface area contributed by atoms with Gasteiger partial charge in [0, 0.05) is 15.4 Å². The van der Waals surface area contributed by atoms with E-state index in [0.29, 0.717) is 24.0 Å². The highest BCUT2D eigenvalue weighted by atomic mass is 79.9. The van der Waals surface area contributed by atoms with Crippen LogP contribution in [0.25, 0.3) is 11.0 Å². The lowest BCUT2D eigenvalue weighted by molar-refractivity contribution is -0.139. The van der Waals surface area contributed by atoms with Crippen LogP contribution in [-0.4, -0.2) is 23.0 Å². The summed E-state index contributed by atoms with van der Waals surface area (Å²) in [5.41, 5.74) is 1.30. The molecule has 1 aromatic heterocycles. The molecule has 0 spiro atoms. The topological polar surface area (TPSA) is 79.5 Å². The van der Waals surface area contributed by atoms with Gasteiger partial charge in [-0.05, 0) is 31.5 Å². The number of carbonyl (C=O) groups is 2. The van der Waals surface area contributed by atoms with Crippen molar-refractivity contribution in [3.8, 4) is 0 Å². The number of carboxylic acids is 1. The molecule has 0 radical (unpaired) electrons. The third-order valence-electron chi connectivity index (χ3n) is 3.29. The van der Waals surface area contributed by atoms with Gasteiger partial charge in [0.2, 0.25) is 0 Å². The van der Waals surface area contributed by atoms with Gasteiger partial charge < -0.3 is 14.8 Å². The number of carbonyl (C=O) groups excluding carboxylic acids is 1. The molecule has 0 bridgehead atoms. The minimum absolute atomic E-state index is 0.158. The Hall–Kier alpha value is -1.82. The van der Waals surface area contributed by atoms with Crippen molar-refractivity contribution >= 4 is 38.8 Å². The number of rotatable bonds is 5. The van der Waals surface area contributed by atoms with E-state index in [9.17, 15) is 9.59 Å². The minimum atomic E-state index is -1.04. The van der Waals surface area contributed by atoms with Gasteiger partial charge >= 0.3 is 5.97 Å². The summed E-state index contributed by atoms with van der Waals surface area (Å²) < 4.78 is 6.44. The molecule has 0 saturated heterocycles. The second kappa shape index (κ2) is 6.30. The Balaban J connectivity index is 2.31. The Morgan fingerprint density at radius 1 is 1.43 bits per heavy atom. The largest absolute Gasteiger partial charge is 0.480 e. The van der Waals surface area contributed by atoms with Gasteiger partial charge in [-0.3, -0.25) is 4.79 Å². The van der Waals surface area contributed by atoms with Gasteiger partial charge in [0.15, 0.2) is 5.76 Å². The fourth-order valence-corrected chi connectivity index (χ4v) is 2.54. The van der Waals surface area contributed by atoms with E-state index in [1.807, 2.05) is 19.1 Å². The first-order valence-electron chi connectivity index (χ1n) is 6.66. The number of hydrogen-bond donors (Lipinski definition) is 2. The number of aryl methyl sites for hydroxylation is 1. The first kappa shape index (κ1) is 15.6. The van der Waals surface area contributed by atoms with Crippen LogP contribution in [0.5, 0.6) is 0 Å². The van der Waals surface area contributed by atoms with Crippen molar-refractivity contribution in [2.24, 2.45) is 0 Å². The lowest BCUT2D eigenvalue weighted by atomic mass is 10.1. The Morgan fingerprint density at radius 2 is 2.14 bits per heavy atom. The minimum Gasteiger partial charge on any atom is -0.480 e. The second-order valence-corrected chi connectivity index (χ2v) is 5.77. The summed E-state index contributed by atoms with van der Waals surface area (Å²) in [7, 11) is 0. The highest BCUT2D eigenvalue weighted by molar-refractivity contribution is 9.10. The average Bonchev–Trinajstić information content (AvgIpc) is 2.75. The Bertz CT molecular complexity index is 692. The second-order valence-electron chi connectivity index (χ2n) is 4.85. The fraction of sp³-hybridized carbons (Fsp3) is 0.333. The van der Waals surface area contributed by atoms with Gasteiger partial charge in [0.1, 0.15) is 11.6 Å². The van der Waals surface area contributed by atoms with E-state index in [4.69, 9.17) is 9.52 Å². The molecule has 2 rings (SSSR count). The van der Waals surface area contributed by atoms with Gasteiger partial charge in [-0.1, -0.05) is 29.3 Å². The zero-order valence-electron chi connectivity index (χ0n) is 11.8. The van der Waals surface area contributed by atoms with Crippen molar-refractivity contribution < 1.29 is 19.1 Å². The van der Waals surface area contributed by atoms with Crippen molar-refractivity contribution in [3.63, 3.8) is 0 Å². The molecule has 1 atom stereocenters. The first-order valence-corrected chi connectivity index (χ1v) is 7.45. The standard InChI is InChI=1S/C15H16BrNO4/c1-3-4-11(15(19)20)17-14(18)13-8(2)10-7-9(16)5-6-12(10)21-13/h5-7,11H,3-4H2,1-2H3,(H,17,18)(H,19,20). The van der Waals surface area contributed by atoms with E-state index in [1.165, 1.54) is 0 Å². The molecule has 1 amide bonds. The van der Waals surface area contributed by atoms with E-state index in [-0.39, 0.29) is 5.76 Å². The van der Waals surface area contributed by atoms with E-state index >= 15 is 0 Å². The highest BCUT2D eigenvalue weighted by Gasteiger charge is 2.23. The molecule has 6 heteroatoms. The van der Waals surface area contributed by atoms with E-state index in [0.717, 1.165) is 9.86 Å². The Kier molecular flexibility index (Phi) is 4.67. The zero-order chi connectivity index (χ0) is 15.6. The van der Waals surface area contributed by atoms with Crippen LogP contribution in [0, 0.1) is 6.92 Å². The van der Waals surface area contributed by atoms with E-state index in [1.54, 1.807) is 13.0 Å². The molecule has 0 aliphatic rings. The number of halogens is 1. The molecule has 0 saturated carbocycles. The van der Waals surface area contributed by atoms with Crippen LogP contribution in [0.15, 0.2) is 27.1 Å². The fourth-order valence-electron chi connectivity index (χ4n) is 2.18. The van der Waals surface area contributed by atoms with E-state index < -0.39 is 17.9 Å². The molecule has 0 fully saturated rings. The van der Waals surface area contributed by atoms with Crippen molar-refractivity contribution in [3.05, 3.63) is 34.0 Å². The molecule has 112 valence electrons. The average molecular weight is 354 g/mol. The van der Waals surface area contributed by atoms with Gasteiger partial charge in [-0.2, -0.15) is 0 Å². The Morgan fingerprint density at radius 3 is 2.76 bits per heavy atom. The first-order chi connectivity index (χ1) is 9.93. The molecule has 2 N–H and O–H groups in total. The summed E-state index contributed by atoms with van der Waals surface area (Å²) in [6.07, 6.45) is 1.05. The van der Waals surface area contributed by atoms with Gasteiger partial charge in [0.25, 0.3) is 5.91 Å². The summed E-state index contributed by atoms with van der Waals surface area (Å²) in [4.78, 5) is 23.3. The van der Waals surface area contributed by atoms with Crippen molar-refractivity contribution in [1.29, 1.82) is 0 Å². The van der Waals surface area contributed by atoms with Crippen molar-refractivity contribution in [2.45, 2.75) is 32.7 Å². The number of furan rings is 1.